The highest BCUT2D eigenvalue weighted by molar-refractivity contribution is 5.30. The van der Waals surface area contributed by atoms with Crippen LogP contribution in [0.5, 0.6) is 0 Å². The number of hydrogen-bond donors (Lipinski definition) is 2. The smallest absolute Gasteiger partial charge is 0.293 e. The molecular weight excluding hydrogens is 194 g/mol. The highest BCUT2D eigenvalue weighted by Gasteiger charge is 2.04. The lowest BCUT2D eigenvalue weighted by atomic mass is 10.4. The lowest BCUT2D eigenvalue weighted by Gasteiger charge is -2.09. The van der Waals surface area contributed by atoms with Crippen LogP contribution in [0.1, 0.15) is 20.3 Å². The molecule has 5 heteroatoms. The third-order valence-electron chi connectivity index (χ3n) is 1.94. The molecule has 1 aromatic heterocycles. The maximum absolute atomic E-state index is 11.7. The Bertz CT molecular complexity index is 360. The number of anilines is 1. The number of aliphatic hydroxyl groups is 1. The van der Waals surface area contributed by atoms with Crippen LogP contribution in [0.2, 0.25) is 0 Å². The fourth-order valence-electron chi connectivity index (χ4n) is 1.23. The number of aryl methyl sites for hydroxylation is 1. The number of aromatic nitrogens is 2. The molecule has 0 spiro atoms. The van der Waals surface area contributed by atoms with Crippen LogP contribution in [0.15, 0.2) is 17.2 Å². The predicted octanol–water partition coefficient (Wildman–Crippen LogP) is 0.446. The molecule has 84 valence electrons. The molecule has 1 rings (SSSR count). The molecule has 1 atom stereocenters. The molecule has 0 radical (unpaired) electrons. The molecule has 0 saturated heterocycles. The third kappa shape index (κ3) is 3.36. The van der Waals surface area contributed by atoms with Crippen LogP contribution in [-0.2, 0) is 6.54 Å². The molecule has 2 N–H and O–H groups in total. The van der Waals surface area contributed by atoms with Crippen LogP contribution < -0.4 is 10.9 Å². The third-order valence-corrected chi connectivity index (χ3v) is 1.94. The van der Waals surface area contributed by atoms with E-state index in [0.29, 0.717) is 18.9 Å². The average Bonchev–Trinajstić information content (AvgIpc) is 2.19. The van der Waals surface area contributed by atoms with E-state index < -0.39 is 6.10 Å². The van der Waals surface area contributed by atoms with Crippen molar-refractivity contribution in [3.8, 4) is 0 Å². The molecule has 0 fully saturated rings. The van der Waals surface area contributed by atoms with E-state index in [1.54, 1.807) is 23.9 Å². The van der Waals surface area contributed by atoms with Gasteiger partial charge in [0.05, 0.1) is 6.10 Å². The number of hydrogen-bond acceptors (Lipinski definition) is 4. The van der Waals surface area contributed by atoms with Gasteiger partial charge in [-0.05, 0) is 13.3 Å². The zero-order chi connectivity index (χ0) is 11.3. The van der Waals surface area contributed by atoms with Crippen molar-refractivity contribution in [2.24, 2.45) is 0 Å². The molecule has 5 nitrogen and oxygen atoms in total. The Kier molecular flexibility index (Phi) is 4.30. The van der Waals surface area contributed by atoms with Gasteiger partial charge in [0, 0.05) is 25.5 Å². The summed E-state index contributed by atoms with van der Waals surface area (Å²) in [6.45, 7) is 4.68. The van der Waals surface area contributed by atoms with E-state index in [-0.39, 0.29) is 5.56 Å². The van der Waals surface area contributed by atoms with Gasteiger partial charge in [0.1, 0.15) is 0 Å². The van der Waals surface area contributed by atoms with Gasteiger partial charge in [-0.25, -0.2) is 4.98 Å². The molecule has 0 saturated carbocycles. The molecule has 0 aromatic carbocycles. The van der Waals surface area contributed by atoms with E-state index in [9.17, 15) is 4.79 Å². The van der Waals surface area contributed by atoms with Crippen molar-refractivity contribution < 1.29 is 5.11 Å². The van der Waals surface area contributed by atoms with Gasteiger partial charge in [0.2, 0.25) is 0 Å². The molecule has 1 unspecified atom stereocenters. The highest BCUT2D eigenvalue weighted by atomic mass is 16.3. The summed E-state index contributed by atoms with van der Waals surface area (Å²) in [5, 5.41) is 11.9. The summed E-state index contributed by atoms with van der Waals surface area (Å²) in [7, 11) is 0. The molecule has 0 bridgehead atoms. The molecule has 1 heterocycles. The van der Waals surface area contributed by atoms with Crippen LogP contribution >= 0.6 is 0 Å². The van der Waals surface area contributed by atoms with Gasteiger partial charge in [-0.15, -0.1) is 0 Å². The first kappa shape index (κ1) is 11.7. The van der Waals surface area contributed by atoms with Gasteiger partial charge < -0.3 is 15.0 Å². The largest absolute Gasteiger partial charge is 0.392 e. The number of rotatable bonds is 5. The topological polar surface area (TPSA) is 67.2 Å². The minimum absolute atomic E-state index is 0.139. The zero-order valence-corrected chi connectivity index (χ0v) is 9.10. The standard InChI is InChI=1S/C10H17N3O2/c1-3-5-13-6-4-11-9(10(13)15)12-7-8(2)14/h4,6,8,14H,3,5,7H2,1-2H3,(H,11,12). The zero-order valence-electron chi connectivity index (χ0n) is 9.10. The number of nitrogens with one attached hydrogen (secondary N) is 1. The Morgan fingerprint density at radius 3 is 3.00 bits per heavy atom. The summed E-state index contributed by atoms with van der Waals surface area (Å²) >= 11 is 0. The minimum Gasteiger partial charge on any atom is -0.392 e. The first-order valence-corrected chi connectivity index (χ1v) is 5.12. The monoisotopic (exact) mass is 211 g/mol. The summed E-state index contributed by atoms with van der Waals surface area (Å²) in [6.07, 6.45) is 3.66. The Morgan fingerprint density at radius 1 is 1.67 bits per heavy atom. The summed E-state index contributed by atoms with van der Waals surface area (Å²) in [5.41, 5.74) is -0.139. The summed E-state index contributed by atoms with van der Waals surface area (Å²) in [4.78, 5) is 15.7. The van der Waals surface area contributed by atoms with Gasteiger partial charge in [0.15, 0.2) is 5.82 Å². The van der Waals surface area contributed by atoms with Crippen LogP contribution in [-0.4, -0.2) is 27.3 Å². The molecule has 0 aliphatic carbocycles. The van der Waals surface area contributed by atoms with E-state index in [2.05, 4.69) is 10.3 Å². The Balaban J connectivity index is 2.80. The van der Waals surface area contributed by atoms with Crippen molar-refractivity contribution in [1.82, 2.24) is 9.55 Å². The second-order valence-corrected chi connectivity index (χ2v) is 3.50. The normalized spacial score (nSPS) is 12.5. The van der Waals surface area contributed by atoms with Gasteiger partial charge in [-0.2, -0.15) is 0 Å². The van der Waals surface area contributed by atoms with E-state index in [0.717, 1.165) is 6.42 Å². The number of aliphatic hydroxyl groups excluding tert-OH is 1. The molecule has 0 aliphatic rings. The van der Waals surface area contributed by atoms with Crippen molar-refractivity contribution in [2.45, 2.75) is 32.9 Å². The Hall–Kier alpha value is -1.36. The number of nitrogens with zero attached hydrogens (tertiary/aromatic N) is 2. The van der Waals surface area contributed by atoms with Crippen molar-refractivity contribution >= 4 is 5.82 Å². The molecule has 0 aliphatic heterocycles. The maximum Gasteiger partial charge on any atom is 0.293 e. The van der Waals surface area contributed by atoms with Crippen LogP contribution in [0.3, 0.4) is 0 Å². The van der Waals surface area contributed by atoms with Crippen molar-refractivity contribution in [3.63, 3.8) is 0 Å². The van der Waals surface area contributed by atoms with Crippen molar-refractivity contribution in [3.05, 3.63) is 22.7 Å². The highest BCUT2D eigenvalue weighted by Crippen LogP contribution is 1.94. The van der Waals surface area contributed by atoms with Crippen LogP contribution in [0.4, 0.5) is 5.82 Å². The van der Waals surface area contributed by atoms with E-state index in [1.807, 2.05) is 6.92 Å². The van der Waals surface area contributed by atoms with E-state index in [1.165, 1.54) is 0 Å². The van der Waals surface area contributed by atoms with Gasteiger partial charge in [-0.1, -0.05) is 6.92 Å². The first-order valence-electron chi connectivity index (χ1n) is 5.12. The summed E-state index contributed by atoms with van der Waals surface area (Å²) in [5.74, 6) is 0.298. The van der Waals surface area contributed by atoms with Crippen LogP contribution in [0.25, 0.3) is 0 Å². The maximum atomic E-state index is 11.7. The SMILES string of the molecule is CCCn1ccnc(NCC(C)O)c1=O. The van der Waals surface area contributed by atoms with Crippen molar-refractivity contribution in [2.75, 3.05) is 11.9 Å². The first-order chi connectivity index (χ1) is 7.15. The predicted molar refractivity (Wildman–Crippen MR) is 59.0 cm³/mol. The van der Waals surface area contributed by atoms with Gasteiger partial charge >= 0.3 is 0 Å². The Morgan fingerprint density at radius 2 is 2.40 bits per heavy atom. The Labute approximate surface area is 88.8 Å². The van der Waals surface area contributed by atoms with Crippen LogP contribution in [0, 0.1) is 0 Å². The molecule has 0 amide bonds. The molecule has 15 heavy (non-hydrogen) atoms. The average molecular weight is 211 g/mol. The second-order valence-electron chi connectivity index (χ2n) is 3.50. The summed E-state index contributed by atoms with van der Waals surface area (Å²) in [6, 6.07) is 0. The molecule has 1 aromatic rings. The lowest BCUT2D eigenvalue weighted by molar-refractivity contribution is 0.208. The van der Waals surface area contributed by atoms with Gasteiger partial charge in [0.25, 0.3) is 5.56 Å². The second kappa shape index (κ2) is 5.50. The lowest BCUT2D eigenvalue weighted by Crippen LogP contribution is -2.27. The van der Waals surface area contributed by atoms with Crippen molar-refractivity contribution in [1.29, 1.82) is 0 Å². The molecular formula is C10H17N3O2. The summed E-state index contributed by atoms with van der Waals surface area (Å²) < 4.78 is 1.61. The fraction of sp³-hybridized carbons (Fsp3) is 0.600. The van der Waals surface area contributed by atoms with E-state index >= 15 is 0 Å². The van der Waals surface area contributed by atoms with E-state index in [4.69, 9.17) is 5.11 Å². The van der Waals surface area contributed by atoms with Gasteiger partial charge in [-0.3, -0.25) is 4.79 Å². The fourth-order valence-corrected chi connectivity index (χ4v) is 1.23. The quantitative estimate of drug-likeness (QED) is 0.742. The minimum atomic E-state index is -0.494.